The number of carbonyl (C=O) groups is 2. The number of nitrogens with zero attached hydrogens (tertiary/aromatic N) is 1. The van der Waals surface area contributed by atoms with Gasteiger partial charge in [0.15, 0.2) is 0 Å². The minimum absolute atomic E-state index is 0.0506. The maximum atomic E-state index is 11.9. The summed E-state index contributed by atoms with van der Waals surface area (Å²) in [5.74, 6) is -0.369. The van der Waals surface area contributed by atoms with E-state index in [0.29, 0.717) is 0 Å². The first kappa shape index (κ1) is 18.1. The molecule has 0 saturated heterocycles. The van der Waals surface area contributed by atoms with Crippen LogP contribution >= 0.6 is 11.3 Å². The van der Waals surface area contributed by atoms with Crippen LogP contribution < -0.4 is 16.0 Å². The maximum Gasteiger partial charge on any atom is 0.321 e. The van der Waals surface area contributed by atoms with Crippen LogP contribution in [0.5, 0.6) is 0 Å². The summed E-state index contributed by atoms with van der Waals surface area (Å²) in [5, 5.41) is 8.79. The first-order chi connectivity index (χ1) is 11.4. The second-order valence-corrected chi connectivity index (χ2v) is 6.54. The molecule has 0 aliphatic heterocycles. The molecule has 0 aliphatic rings. The van der Waals surface area contributed by atoms with Crippen molar-refractivity contribution in [2.45, 2.75) is 32.9 Å². The third-order valence-electron chi connectivity index (χ3n) is 3.60. The van der Waals surface area contributed by atoms with Gasteiger partial charge in [-0.1, -0.05) is 30.3 Å². The van der Waals surface area contributed by atoms with E-state index in [1.54, 1.807) is 18.3 Å². The molecule has 128 valence electrons. The number of imide groups is 1. The highest BCUT2D eigenvalue weighted by molar-refractivity contribution is 7.15. The zero-order valence-electron chi connectivity index (χ0n) is 14.2. The molecular formula is C17H22N4O2S. The second kappa shape index (κ2) is 8.03. The van der Waals surface area contributed by atoms with Gasteiger partial charge in [0.25, 0.3) is 0 Å². The van der Waals surface area contributed by atoms with E-state index in [9.17, 15) is 9.59 Å². The molecule has 0 unspecified atom stereocenters. The van der Waals surface area contributed by atoms with Crippen LogP contribution in [0.15, 0.2) is 30.3 Å². The lowest BCUT2D eigenvalue weighted by Gasteiger charge is -2.18. The highest BCUT2D eigenvalue weighted by Gasteiger charge is 2.21. The van der Waals surface area contributed by atoms with Crippen LogP contribution in [0.2, 0.25) is 0 Å². The Morgan fingerprint density at radius 3 is 2.46 bits per heavy atom. The number of benzene rings is 1. The first-order valence-corrected chi connectivity index (χ1v) is 8.55. The summed E-state index contributed by atoms with van der Waals surface area (Å²) in [6, 6.07) is 8.93. The van der Waals surface area contributed by atoms with Crippen LogP contribution in [-0.2, 0) is 4.79 Å². The van der Waals surface area contributed by atoms with E-state index in [0.717, 1.165) is 21.1 Å². The highest BCUT2D eigenvalue weighted by atomic mass is 32.1. The number of aryl methyl sites for hydroxylation is 1. The van der Waals surface area contributed by atoms with Crippen LogP contribution in [0.3, 0.4) is 0 Å². The predicted octanol–water partition coefficient (Wildman–Crippen LogP) is 2.61. The van der Waals surface area contributed by atoms with E-state index in [1.165, 1.54) is 7.05 Å². The number of thiazole rings is 1. The third-order valence-corrected chi connectivity index (χ3v) is 4.99. The molecule has 24 heavy (non-hydrogen) atoms. The molecular weight excluding hydrogens is 324 g/mol. The fraction of sp³-hybridized carbons (Fsp3) is 0.353. The standard InChI is InChI=1S/C17H22N4O2S/c1-10(19-12(3)15(22)21-17(23)18-4)14-11(2)20-16(24-14)13-8-6-5-7-9-13/h5-10,12,19H,1-4H3,(H2,18,21,22,23)/t10-,12-/m1/s1. The molecule has 2 rings (SSSR count). The molecule has 3 amide bonds. The number of aromatic nitrogens is 1. The summed E-state index contributed by atoms with van der Waals surface area (Å²) in [5.41, 5.74) is 2.02. The van der Waals surface area contributed by atoms with Crippen LogP contribution in [0.1, 0.15) is 30.5 Å². The molecule has 2 atom stereocenters. The number of rotatable bonds is 5. The monoisotopic (exact) mass is 346 g/mol. The van der Waals surface area contributed by atoms with Gasteiger partial charge in [-0.25, -0.2) is 9.78 Å². The third kappa shape index (κ3) is 4.39. The Kier molecular flexibility index (Phi) is 6.05. The van der Waals surface area contributed by atoms with Crippen LogP contribution in [0.25, 0.3) is 10.6 Å². The van der Waals surface area contributed by atoms with Crippen LogP contribution in [0, 0.1) is 6.92 Å². The highest BCUT2D eigenvalue weighted by Crippen LogP contribution is 2.31. The number of urea groups is 1. The Morgan fingerprint density at radius 2 is 1.83 bits per heavy atom. The van der Waals surface area contributed by atoms with Crippen molar-refractivity contribution in [1.29, 1.82) is 0 Å². The van der Waals surface area contributed by atoms with Crippen molar-refractivity contribution in [2.24, 2.45) is 0 Å². The minimum atomic E-state index is -0.512. The van der Waals surface area contributed by atoms with Crippen molar-refractivity contribution < 1.29 is 9.59 Å². The van der Waals surface area contributed by atoms with E-state index in [-0.39, 0.29) is 11.9 Å². The summed E-state index contributed by atoms with van der Waals surface area (Å²) in [6.45, 7) is 5.67. The van der Waals surface area contributed by atoms with Crippen molar-refractivity contribution in [2.75, 3.05) is 7.05 Å². The molecule has 1 heterocycles. The van der Waals surface area contributed by atoms with E-state index in [1.807, 2.05) is 44.2 Å². The fourth-order valence-electron chi connectivity index (χ4n) is 2.32. The topological polar surface area (TPSA) is 83.1 Å². The Bertz CT molecular complexity index is 715. The maximum absolute atomic E-state index is 11.9. The summed E-state index contributed by atoms with van der Waals surface area (Å²) in [6.07, 6.45) is 0. The molecule has 7 heteroatoms. The van der Waals surface area contributed by atoms with Crippen molar-refractivity contribution in [3.63, 3.8) is 0 Å². The van der Waals surface area contributed by atoms with Gasteiger partial charge in [0, 0.05) is 23.5 Å². The van der Waals surface area contributed by atoms with Crippen molar-refractivity contribution in [3.8, 4) is 10.6 Å². The molecule has 2 aromatic rings. The second-order valence-electron chi connectivity index (χ2n) is 5.51. The molecule has 6 nitrogen and oxygen atoms in total. The Morgan fingerprint density at radius 1 is 1.17 bits per heavy atom. The Balaban J connectivity index is 2.07. The molecule has 0 fully saturated rings. The van der Waals surface area contributed by atoms with Crippen molar-refractivity contribution in [3.05, 3.63) is 40.9 Å². The normalized spacial score (nSPS) is 13.2. The average molecular weight is 346 g/mol. The Hall–Kier alpha value is -2.25. The zero-order chi connectivity index (χ0) is 17.7. The Labute approximate surface area is 145 Å². The van der Waals surface area contributed by atoms with Gasteiger partial charge in [0.1, 0.15) is 5.01 Å². The molecule has 0 saturated carbocycles. The van der Waals surface area contributed by atoms with E-state index in [4.69, 9.17) is 0 Å². The summed E-state index contributed by atoms with van der Waals surface area (Å²) in [4.78, 5) is 28.9. The van der Waals surface area contributed by atoms with Crippen LogP contribution in [0.4, 0.5) is 4.79 Å². The summed E-state index contributed by atoms with van der Waals surface area (Å²) in [7, 11) is 1.47. The van der Waals surface area contributed by atoms with Gasteiger partial charge in [0.05, 0.1) is 11.7 Å². The lowest BCUT2D eigenvalue weighted by Crippen LogP contribution is -2.47. The van der Waals surface area contributed by atoms with Gasteiger partial charge in [-0.3, -0.25) is 15.4 Å². The molecule has 3 N–H and O–H groups in total. The van der Waals surface area contributed by atoms with Gasteiger partial charge in [-0.05, 0) is 20.8 Å². The van der Waals surface area contributed by atoms with Gasteiger partial charge in [-0.2, -0.15) is 0 Å². The fourth-order valence-corrected chi connectivity index (χ4v) is 3.41. The summed E-state index contributed by atoms with van der Waals surface area (Å²) >= 11 is 1.61. The van der Waals surface area contributed by atoms with E-state index in [2.05, 4.69) is 20.9 Å². The molecule has 0 spiro atoms. The largest absolute Gasteiger partial charge is 0.341 e. The SMILES string of the molecule is CNC(=O)NC(=O)[C@@H](C)N[C@H](C)c1sc(-c2ccccc2)nc1C. The smallest absolute Gasteiger partial charge is 0.321 e. The number of hydrogen-bond donors (Lipinski definition) is 3. The average Bonchev–Trinajstić information content (AvgIpc) is 2.97. The van der Waals surface area contributed by atoms with Gasteiger partial charge in [0.2, 0.25) is 5.91 Å². The lowest BCUT2D eigenvalue weighted by atomic mass is 10.2. The first-order valence-electron chi connectivity index (χ1n) is 7.73. The van der Waals surface area contributed by atoms with Gasteiger partial charge < -0.3 is 5.32 Å². The molecule has 1 aromatic carbocycles. The lowest BCUT2D eigenvalue weighted by molar-refractivity contribution is -0.121. The number of amides is 3. The van der Waals surface area contributed by atoms with E-state index >= 15 is 0 Å². The summed E-state index contributed by atoms with van der Waals surface area (Å²) < 4.78 is 0. The van der Waals surface area contributed by atoms with Gasteiger partial charge >= 0.3 is 6.03 Å². The van der Waals surface area contributed by atoms with Crippen LogP contribution in [-0.4, -0.2) is 30.0 Å². The van der Waals surface area contributed by atoms with E-state index < -0.39 is 12.1 Å². The minimum Gasteiger partial charge on any atom is -0.341 e. The quantitative estimate of drug-likeness (QED) is 0.777. The number of nitrogens with one attached hydrogen (secondary N) is 3. The predicted molar refractivity (Wildman–Crippen MR) is 95.9 cm³/mol. The molecule has 0 radical (unpaired) electrons. The molecule has 0 aliphatic carbocycles. The van der Waals surface area contributed by atoms with Gasteiger partial charge in [-0.15, -0.1) is 11.3 Å². The number of hydrogen-bond acceptors (Lipinski definition) is 5. The number of carbonyl (C=O) groups excluding carboxylic acids is 2. The van der Waals surface area contributed by atoms with Crippen molar-refractivity contribution >= 4 is 23.3 Å². The molecule has 0 bridgehead atoms. The molecule has 1 aromatic heterocycles. The zero-order valence-corrected chi connectivity index (χ0v) is 15.0. The van der Waals surface area contributed by atoms with Crippen molar-refractivity contribution in [1.82, 2.24) is 20.9 Å².